The third-order valence-corrected chi connectivity index (χ3v) is 7.15. The molecule has 216 valence electrons. The van der Waals surface area contributed by atoms with Gasteiger partial charge in [0.2, 0.25) is 5.95 Å². The first-order valence-corrected chi connectivity index (χ1v) is 13.8. The number of nitrogens with zero attached hydrogens (tertiary/aromatic N) is 4. The number of nitrogens with one attached hydrogen (secondary N) is 1. The molecule has 4 aromatic rings. The maximum Gasteiger partial charge on any atom is 0.435 e. The van der Waals surface area contributed by atoms with Gasteiger partial charge in [-0.15, -0.1) is 0 Å². The van der Waals surface area contributed by atoms with Gasteiger partial charge in [-0.05, 0) is 62.7 Å². The number of esters is 1. The predicted molar refractivity (Wildman–Crippen MR) is 142 cm³/mol. The van der Waals surface area contributed by atoms with Gasteiger partial charge in [-0.1, -0.05) is 23.7 Å². The zero-order chi connectivity index (χ0) is 30.2. The van der Waals surface area contributed by atoms with Crippen molar-refractivity contribution in [2.75, 3.05) is 11.1 Å². The summed E-state index contributed by atoms with van der Waals surface area (Å²) in [6.07, 6.45) is -2.44. The van der Waals surface area contributed by atoms with Crippen LogP contribution in [0.4, 0.5) is 29.2 Å². The first kappa shape index (κ1) is 29.9. The third-order valence-electron chi connectivity index (χ3n) is 5.27. The lowest BCUT2D eigenvalue weighted by Crippen LogP contribution is -2.28. The molecule has 2 heterocycles. The number of ether oxygens (including phenoxy) is 1. The van der Waals surface area contributed by atoms with Crippen LogP contribution in [0.15, 0.2) is 65.8 Å². The second-order valence-corrected chi connectivity index (χ2v) is 12.1. The minimum Gasteiger partial charge on any atom is -0.459 e. The first-order chi connectivity index (χ1) is 19.0. The van der Waals surface area contributed by atoms with Crippen molar-refractivity contribution in [1.29, 1.82) is 0 Å². The van der Waals surface area contributed by atoms with Crippen molar-refractivity contribution >= 4 is 39.0 Å². The molecule has 15 heteroatoms. The van der Waals surface area contributed by atoms with E-state index in [2.05, 4.69) is 20.4 Å². The zero-order valence-corrected chi connectivity index (χ0v) is 23.3. The minimum atomic E-state index is -4.74. The Bertz CT molecular complexity index is 1720. The fourth-order valence-corrected chi connectivity index (χ4v) is 4.88. The van der Waals surface area contributed by atoms with E-state index in [0.29, 0.717) is 5.69 Å². The molecule has 0 aliphatic rings. The van der Waals surface area contributed by atoms with Crippen LogP contribution in [0, 0.1) is 5.82 Å². The summed E-state index contributed by atoms with van der Waals surface area (Å²) in [5.41, 5.74) is -1.45. The standard InChI is InChI=1S/C26H22ClF4N5O4S/c1-25(2,3)40-22(37)14-41(38,39)17-6-4-5-15(11-17)18-13-32-24(33-16-7-8-20(28)19(27)12-16)34-23(18)36-10-9-21(35-36)26(29,30)31/h4-13H,14H2,1-3H3,(H,32,33,34). The molecule has 0 saturated heterocycles. The normalized spacial score (nSPS) is 12.3. The second-order valence-electron chi connectivity index (χ2n) is 9.70. The summed E-state index contributed by atoms with van der Waals surface area (Å²) in [4.78, 5) is 20.4. The van der Waals surface area contributed by atoms with E-state index in [1.807, 2.05) is 0 Å². The van der Waals surface area contributed by atoms with E-state index in [9.17, 15) is 30.8 Å². The Morgan fingerprint density at radius 1 is 1.10 bits per heavy atom. The number of hydrogen-bond acceptors (Lipinski definition) is 8. The van der Waals surface area contributed by atoms with Crippen LogP contribution in [0.3, 0.4) is 0 Å². The molecule has 2 aromatic carbocycles. The van der Waals surface area contributed by atoms with Gasteiger partial charge in [0.05, 0.1) is 9.92 Å². The summed E-state index contributed by atoms with van der Waals surface area (Å²) in [6, 6.07) is 9.88. The number of halogens is 5. The molecule has 0 amide bonds. The zero-order valence-electron chi connectivity index (χ0n) is 21.7. The summed E-state index contributed by atoms with van der Waals surface area (Å²) in [5, 5.41) is 6.19. The summed E-state index contributed by atoms with van der Waals surface area (Å²) in [5.74, 6) is -2.75. The van der Waals surface area contributed by atoms with Gasteiger partial charge in [0.25, 0.3) is 0 Å². The number of rotatable bonds is 7. The molecule has 0 aliphatic carbocycles. The highest BCUT2D eigenvalue weighted by Gasteiger charge is 2.34. The van der Waals surface area contributed by atoms with Crippen molar-refractivity contribution in [1.82, 2.24) is 19.7 Å². The number of hydrogen-bond donors (Lipinski definition) is 1. The SMILES string of the molecule is CC(C)(C)OC(=O)CS(=O)(=O)c1cccc(-c2cnc(Nc3ccc(F)c(Cl)c3)nc2-n2ccc(C(F)(F)F)n2)c1. The van der Waals surface area contributed by atoms with Crippen molar-refractivity contribution < 1.29 is 35.5 Å². The lowest BCUT2D eigenvalue weighted by atomic mass is 10.1. The number of aromatic nitrogens is 4. The molecular weight excluding hydrogens is 590 g/mol. The van der Waals surface area contributed by atoms with Crippen LogP contribution in [0.1, 0.15) is 26.5 Å². The van der Waals surface area contributed by atoms with E-state index in [-0.39, 0.29) is 32.8 Å². The number of carbonyl (C=O) groups excluding carboxylic acids is 1. The fraction of sp³-hybridized carbons (Fsp3) is 0.231. The maximum absolute atomic E-state index is 13.6. The highest BCUT2D eigenvalue weighted by molar-refractivity contribution is 7.92. The molecule has 0 saturated carbocycles. The third kappa shape index (κ3) is 7.38. The van der Waals surface area contributed by atoms with Crippen molar-refractivity contribution in [2.24, 2.45) is 0 Å². The van der Waals surface area contributed by atoms with Crippen LogP contribution in [0.5, 0.6) is 0 Å². The molecule has 0 radical (unpaired) electrons. The Morgan fingerprint density at radius 2 is 1.83 bits per heavy atom. The molecule has 0 atom stereocenters. The van der Waals surface area contributed by atoms with Gasteiger partial charge in [-0.2, -0.15) is 23.3 Å². The molecule has 0 spiro atoms. The van der Waals surface area contributed by atoms with Crippen LogP contribution in [0.2, 0.25) is 5.02 Å². The van der Waals surface area contributed by atoms with Gasteiger partial charge in [0.1, 0.15) is 11.4 Å². The Labute approximate surface area is 237 Å². The lowest BCUT2D eigenvalue weighted by molar-refractivity contribution is -0.151. The Hall–Kier alpha value is -4.04. The molecule has 2 aromatic heterocycles. The molecule has 0 aliphatic heterocycles. The molecule has 41 heavy (non-hydrogen) atoms. The van der Waals surface area contributed by atoms with Crippen LogP contribution in [0.25, 0.3) is 16.9 Å². The number of sulfone groups is 1. The number of carbonyl (C=O) groups is 1. The van der Waals surface area contributed by atoms with Crippen LogP contribution in [-0.2, 0) is 25.5 Å². The summed E-state index contributed by atoms with van der Waals surface area (Å²) in [7, 11) is -4.15. The highest BCUT2D eigenvalue weighted by Crippen LogP contribution is 2.32. The van der Waals surface area contributed by atoms with Crippen LogP contribution in [-0.4, -0.2) is 45.5 Å². The molecule has 1 N–H and O–H groups in total. The van der Waals surface area contributed by atoms with E-state index in [0.717, 1.165) is 23.0 Å². The fourth-order valence-electron chi connectivity index (χ4n) is 3.57. The average Bonchev–Trinajstić information content (AvgIpc) is 3.36. The Balaban J connectivity index is 1.77. The average molecular weight is 612 g/mol. The smallest absolute Gasteiger partial charge is 0.435 e. The van der Waals surface area contributed by atoms with E-state index in [4.69, 9.17) is 16.3 Å². The van der Waals surface area contributed by atoms with Crippen molar-refractivity contribution in [3.05, 3.63) is 77.5 Å². The number of anilines is 2. The molecule has 9 nitrogen and oxygen atoms in total. The Morgan fingerprint density at radius 3 is 2.46 bits per heavy atom. The summed E-state index contributed by atoms with van der Waals surface area (Å²) >= 11 is 5.82. The van der Waals surface area contributed by atoms with Gasteiger partial charge in [0.15, 0.2) is 27.1 Å². The van der Waals surface area contributed by atoms with Gasteiger partial charge >= 0.3 is 12.1 Å². The molecular formula is C26H22ClF4N5O4S. The van der Waals surface area contributed by atoms with E-state index >= 15 is 0 Å². The minimum absolute atomic E-state index is 0.0933. The van der Waals surface area contributed by atoms with Gasteiger partial charge in [-0.25, -0.2) is 22.5 Å². The lowest BCUT2D eigenvalue weighted by Gasteiger charge is -2.19. The highest BCUT2D eigenvalue weighted by atomic mass is 35.5. The quantitative estimate of drug-likeness (QED) is 0.200. The van der Waals surface area contributed by atoms with Crippen molar-refractivity contribution in [3.63, 3.8) is 0 Å². The van der Waals surface area contributed by atoms with Gasteiger partial charge in [-0.3, -0.25) is 4.79 Å². The number of alkyl halides is 3. The molecule has 4 rings (SSSR count). The van der Waals surface area contributed by atoms with Crippen molar-refractivity contribution in [2.45, 2.75) is 37.4 Å². The first-order valence-electron chi connectivity index (χ1n) is 11.8. The van der Waals surface area contributed by atoms with Crippen LogP contribution < -0.4 is 5.32 Å². The summed E-state index contributed by atoms with van der Waals surface area (Å²) < 4.78 is 85.4. The molecule has 0 bridgehead atoms. The van der Waals surface area contributed by atoms with E-state index in [1.54, 1.807) is 20.8 Å². The van der Waals surface area contributed by atoms with Gasteiger partial charge in [0, 0.05) is 23.6 Å². The van der Waals surface area contributed by atoms with E-state index < -0.39 is 44.8 Å². The monoisotopic (exact) mass is 611 g/mol. The number of benzene rings is 2. The molecule has 0 fully saturated rings. The Kier molecular flexibility index (Phi) is 8.09. The second kappa shape index (κ2) is 11.1. The summed E-state index contributed by atoms with van der Waals surface area (Å²) in [6.45, 7) is 4.80. The van der Waals surface area contributed by atoms with Crippen LogP contribution >= 0.6 is 11.6 Å². The molecule has 0 unspecified atom stereocenters. The maximum atomic E-state index is 13.6. The topological polar surface area (TPSA) is 116 Å². The van der Waals surface area contributed by atoms with E-state index in [1.165, 1.54) is 42.6 Å². The predicted octanol–water partition coefficient (Wildman–Crippen LogP) is 6.00. The largest absolute Gasteiger partial charge is 0.459 e. The van der Waals surface area contributed by atoms with Gasteiger partial charge < -0.3 is 10.1 Å². The van der Waals surface area contributed by atoms with Crippen molar-refractivity contribution in [3.8, 4) is 16.9 Å².